The number of nitrogens with one attached hydrogen (secondary N) is 2. The molecule has 0 radical (unpaired) electrons. The highest BCUT2D eigenvalue weighted by Crippen LogP contribution is 2.26. The van der Waals surface area contributed by atoms with Gasteiger partial charge in [-0.15, -0.1) is 0 Å². The summed E-state index contributed by atoms with van der Waals surface area (Å²) in [6.45, 7) is -1.59. The van der Waals surface area contributed by atoms with E-state index in [9.17, 15) is 33.3 Å². The number of benzene rings is 3. The van der Waals surface area contributed by atoms with Gasteiger partial charge in [-0.1, -0.05) is 41.0 Å². The molecular weight excluding hydrogens is 682 g/mol. The number of hydrogen-bond donors (Lipinski definition) is 2. The van der Waals surface area contributed by atoms with Gasteiger partial charge in [0.2, 0.25) is 5.91 Å². The number of non-ortho nitro benzene ring substituents is 1. The van der Waals surface area contributed by atoms with Crippen molar-refractivity contribution in [2.24, 2.45) is 0 Å². The lowest BCUT2D eigenvalue weighted by Gasteiger charge is -2.33. The molecule has 2 amide bonds. The second-order valence-corrected chi connectivity index (χ2v) is 10.7. The van der Waals surface area contributed by atoms with E-state index in [1.54, 1.807) is 0 Å². The molecule has 1 heterocycles. The third-order valence-corrected chi connectivity index (χ3v) is 7.12. The number of aromatic nitrogens is 1. The Bertz CT molecular complexity index is 1830. The van der Waals surface area contributed by atoms with E-state index in [1.807, 2.05) is 0 Å². The van der Waals surface area contributed by atoms with Gasteiger partial charge in [-0.25, -0.2) is 32.6 Å². The maximum absolute atomic E-state index is 15.3. The molecule has 0 unspecified atom stereocenters. The molecule has 0 fully saturated rings. The molecule has 4 aromatic rings. The van der Waals surface area contributed by atoms with E-state index in [1.165, 1.54) is 36.4 Å². The maximum Gasteiger partial charge on any atom is 0.412 e. The summed E-state index contributed by atoms with van der Waals surface area (Å²) in [5.41, 5.74) is 2.52. The Labute approximate surface area is 279 Å². The van der Waals surface area contributed by atoms with Crippen molar-refractivity contribution in [2.45, 2.75) is 31.9 Å². The van der Waals surface area contributed by atoms with Crippen molar-refractivity contribution in [1.29, 1.82) is 0 Å². The molecule has 0 saturated carbocycles. The molecule has 13 nitrogen and oxygen atoms in total. The van der Waals surface area contributed by atoms with Crippen LogP contribution in [0.4, 0.5) is 33.9 Å². The van der Waals surface area contributed by atoms with Crippen molar-refractivity contribution in [2.75, 3.05) is 18.5 Å². The first-order valence-corrected chi connectivity index (χ1v) is 14.5. The quantitative estimate of drug-likeness (QED) is 0.0636. The van der Waals surface area contributed by atoms with Crippen molar-refractivity contribution in [3.8, 4) is 11.3 Å². The third-order valence-electron chi connectivity index (χ3n) is 6.69. The summed E-state index contributed by atoms with van der Waals surface area (Å²) in [7, 11) is 0. The zero-order valence-corrected chi connectivity index (χ0v) is 26.1. The molecule has 0 aliphatic carbocycles. The van der Waals surface area contributed by atoms with Crippen LogP contribution in [0, 0.1) is 21.7 Å². The topological polar surface area (TPSA) is 166 Å². The molecule has 0 saturated heterocycles. The van der Waals surface area contributed by atoms with E-state index in [0.29, 0.717) is 5.56 Å². The molecule has 0 aliphatic heterocycles. The first-order chi connectivity index (χ1) is 23.2. The Morgan fingerprint density at radius 2 is 1.78 bits per heavy atom. The van der Waals surface area contributed by atoms with Crippen LogP contribution in [0.2, 0.25) is 5.02 Å². The largest absolute Gasteiger partial charge is 0.456 e. The van der Waals surface area contributed by atoms with E-state index in [-0.39, 0.29) is 40.0 Å². The standard InChI is InChI=1S/C31H26ClF4N5O8/c1-18(42)40(37-15-21-5-3-7-25(34)28(21)32)24(14-31(35,36)17-48-29(43)19-8-10-23(11-9-19)41(45)46)16-47-30(44)38-27-13-26(49-39-27)20-4-2-6-22(33)12-20/h2-13,24,37H,14-17H2,1H3,(H,38,39,44)/t24-/m0/s1. The van der Waals surface area contributed by atoms with Gasteiger partial charge in [0, 0.05) is 43.7 Å². The predicted molar refractivity (Wildman–Crippen MR) is 164 cm³/mol. The minimum Gasteiger partial charge on any atom is -0.456 e. The number of alkyl halides is 2. The van der Waals surface area contributed by atoms with Crippen LogP contribution in [-0.2, 0) is 20.8 Å². The molecule has 4 rings (SSSR count). The minimum atomic E-state index is -3.82. The second-order valence-electron chi connectivity index (χ2n) is 10.3. The van der Waals surface area contributed by atoms with Crippen LogP contribution >= 0.6 is 11.6 Å². The average molecular weight is 708 g/mol. The first kappa shape index (κ1) is 36.3. The fourth-order valence-corrected chi connectivity index (χ4v) is 4.57. The zero-order chi connectivity index (χ0) is 35.7. The number of nitrogens with zero attached hydrogens (tertiary/aromatic N) is 3. The number of hydrogen-bond acceptors (Lipinski definition) is 10. The number of ether oxygens (including phenoxy) is 2. The number of rotatable bonds is 14. The van der Waals surface area contributed by atoms with Crippen molar-refractivity contribution >= 4 is 41.1 Å². The van der Waals surface area contributed by atoms with E-state index in [4.69, 9.17) is 25.6 Å². The third kappa shape index (κ3) is 10.2. The molecule has 1 aromatic heterocycles. The number of nitro benzene ring substituents is 1. The molecule has 1 atom stereocenters. The zero-order valence-electron chi connectivity index (χ0n) is 25.3. The van der Waals surface area contributed by atoms with Crippen molar-refractivity contribution in [3.05, 3.63) is 111 Å². The second kappa shape index (κ2) is 16.0. The summed E-state index contributed by atoms with van der Waals surface area (Å²) in [5.74, 6) is -7.20. The minimum absolute atomic E-state index is 0.0959. The lowest BCUT2D eigenvalue weighted by Crippen LogP contribution is -2.53. The summed E-state index contributed by atoms with van der Waals surface area (Å²) in [6.07, 6.45) is -2.40. The van der Waals surface area contributed by atoms with Crippen LogP contribution < -0.4 is 10.7 Å². The van der Waals surface area contributed by atoms with Gasteiger partial charge >= 0.3 is 12.1 Å². The summed E-state index contributed by atoms with van der Waals surface area (Å²) in [6, 6.07) is 12.9. The van der Waals surface area contributed by atoms with Gasteiger partial charge in [-0.05, 0) is 35.9 Å². The smallest absolute Gasteiger partial charge is 0.412 e. The number of halogens is 5. The van der Waals surface area contributed by atoms with Gasteiger partial charge < -0.3 is 14.0 Å². The number of hydrazine groups is 1. The van der Waals surface area contributed by atoms with Crippen molar-refractivity contribution < 1.29 is 50.9 Å². The monoisotopic (exact) mass is 707 g/mol. The van der Waals surface area contributed by atoms with Gasteiger partial charge in [0.15, 0.2) is 18.2 Å². The van der Waals surface area contributed by atoms with E-state index in [0.717, 1.165) is 48.3 Å². The SMILES string of the molecule is CC(=O)N(NCc1cccc(F)c1Cl)[C@H](COC(=O)Nc1cc(-c2cccc(F)c2)on1)CC(F)(F)COC(=O)c1ccc([N+](=O)[O-])cc1. The number of anilines is 1. The van der Waals surface area contributed by atoms with Crippen LogP contribution in [0.15, 0.2) is 77.3 Å². The summed E-state index contributed by atoms with van der Waals surface area (Å²) in [5, 5.41) is 17.2. The first-order valence-electron chi connectivity index (χ1n) is 14.1. The molecule has 0 bridgehead atoms. The van der Waals surface area contributed by atoms with Crippen LogP contribution in [-0.4, -0.2) is 58.2 Å². The molecule has 2 N–H and O–H groups in total. The fraction of sp³-hybridized carbons (Fsp3) is 0.226. The molecule has 0 spiro atoms. The normalized spacial score (nSPS) is 11.8. The molecule has 49 heavy (non-hydrogen) atoms. The Morgan fingerprint density at radius 1 is 1.06 bits per heavy atom. The predicted octanol–water partition coefficient (Wildman–Crippen LogP) is 6.53. The highest BCUT2D eigenvalue weighted by atomic mass is 35.5. The average Bonchev–Trinajstić information content (AvgIpc) is 3.52. The van der Waals surface area contributed by atoms with Crippen molar-refractivity contribution in [3.63, 3.8) is 0 Å². The molecular formula is C31H26ClF4N5O8. The van der Waals surface area contributed by atoms with Gasteiger partial charge in [0.25, 0.3) is 11.6 Å². The molecule has 18 heteroatoms. The molecule has 0 aliphatic rings. The van der Waals surface area contributed by atoms with Gasteiger partial charge in [0.1, 0.15) is 18.2 Å². The fourth-order valence-electron chi connectivity index (χ4n) is 4.38. The maximum atomic E-state index is 15.3. The summed E-state index contributed by atoms with van der Waals surface area (Å²) in [4.78, 5) is 47.7. The van der Waals surface area contributed by atoms with Gasteiger partial charge in [-0.2, -0.15) is 0 Å². The lowest BCUT2D eigenvalue weighted by atomic mass is 10.1. The number of carbonyl (C=O) groups is 3. The van der Waals surface area contributed by atoms with Gasteiger partial charge in [0.05, 0.1) is 21.6 Å². The van der Waals surface area contributed by atoms with Crippen LogP contribution in [0.25, 0.3) is 11.3 Å². The highest BCUT2D eigenvalue weighted by Gasteiger charge is 2.38. The van der Waals surface area contributed by atoms with Gasteiger partial charge in [-0.3, -0.25) is 25.2 Å². The lowest BCUT2D eigenvalue weighted by molar-refractivity contribution is -0.384. The Balaban J connectivity index is 1.46. The summed E-state index contributed by atoms with van der Waals surface area (Å²) < 4.78 is 73.1. The van der Waals surface area contributed by atoms with Crippen LogP contribution in [0.5, 0.6) is 0 Å². The number of nitro groups is 1. The summed E-state index contributed by atoms with van der Waals surface area (Å²) >= 11 is 5.99. The highest BCUT2D eigenvalue weighted by molar-refractivity contribution is 6.31. The Kier molecular flexibility index (Phi) is 11.9. The van der Waals surface area contributed by atoms with E-state index >= 15 is 8.78 Å². The van der Waals surface area contributed by atoms with E-state index in [2.05, 4.69) is 15.9 Å². The van der Waals surface area contributed by atoms with E-state index < -0.39 is 66.1 Å². The van der Waals surface area contributed by atoms with Crippen molar-refractivity contribution in [1.82, 2.24) is 15.6 Å². The number of carbonyl (C=O) groups excluding carboxylic acids is 3. The molecule has 3 aromatic carbocycles. The Hall–Kier alpha value is -5.55. The van der Waals surface area contributed by atoms with Crippen LogP contribution in [0.3, 0.4) is 0 Å². The molecule has 258 valence electrons. The Morgan fingerprint density at radius 3 is 2.45 bits per heavy atom. The number of amides is 2. The number of esters is 1. The van der Waals surface area contributed by atoms with Crippen LogP contribution in [0.1, 0.15) is 29.3 Å².